The van der Waals surface area contributed by atoms with Crippen LogP contribution in [0.3, 0.4) is 0 Å². The fourth-order valence-corrected chi connectivity index (χ4v) is 4.59. The Morgan fingerprint density at radius 1 is 0.973 bits per heavy atom. The van der Waals surface area contributed by atoms with E-state index in [-0.39, 0.29) is 5.91 Å². The summed E-state index contributed by atoms with van der Waals surface area (Å²) in [5.74, 6) is 1.99. The molecule has 4 rings (SSSR count). The first-order valence-corrected chi connectivity index (χ1v) is 13.6. The Bertz CT molecular complexity index is 1320. The molecule has 0 bridgehead atoms. The predicted octanol–water partition coefficient (Wildman–Crippen LogP) is 7.19. The Labute approximate surface area is 228 Å². The molecule has 0 spiro atoms. The van der Waals surface area contributed by atoms with Crippen molar-refractivity contribution in [1.82, 2.24) is 14.9 Å². The maximum atomic E-state index is 12.2. The largest absolute Gasteiger partial charge is 0.494 e. The molecule has 1 heterocycles. The lowest BCUT2D eigenvalue weighted by Crippen LogP contribution is -2.26. The molecule has 1 N–H and O–H groups in total. The van der Waals surface area contributed by atoms with Crippen molar-refractivity contribution >= 4 is 40.1 Å². The zero-order valence-corrected chi connectivity index (χ0v) is 22.7. The van der Waals surface area contributed by atoms with Crippen LogP contribution in [0.5, 0.6) is 5.75 Å². The highest BCUT2D eigenvalue weighted by Crippen LogP contribution is 2.22. The average molecular weight is 539 g/mol. The van der Waals surface area contributed by atoms with E-state index in [1.54, 1.807) is 0 Å². The van der Waals surface area contributed by atoms with E-state index in [9.17, 15) is 4.79 Å². The van der Waals surface area contributed by atoms with Crippen LogP contribution in [0.1, 0.15) is 42.6 Å². The van der Waals surface area contributed by atoms with Crippen molar-refractivity contribution in [2.45, 2.75) is 52.0 Å². The molecule has 37 heavy (non-hydrogen) atoms. The van der Waals surface area contributed by atoms with Crippen LogP contribution in [0.2, 0.25) is 10.0 Å². The number of rotatable bonds is 13. The van der Waals surface area contributed by atoms with Gasteiger partial charge in [-0.2, -0.15) is 0 Å². The highest BCUT2D eigenvalue weighted by molar-refractivity contribution is 6.31. The SMILES string of the molecule is Cc1cc(OCCCn2c(CCCCCNC(=O)Cc3ccc(Cl)cc3)nc3ccccc32)ccc1Cl. The maximum Gasteiger partial charge on any atom is 0.224 e. The Balaban J connectivity index is 1.21. The molecule has 5 nitrogen and oxygen atoms in total. The standard InChI is InChI=1S/C30H33Cl2N3O2/c1-22-20-25(15-16-26(22)32)37-19-7-18-35-28-9-5-4-8-27(28)34-29(35)10-3-2-6-17-33-30(36)21-23-11-13-24(31)14-12-23/h4-5,8-9,11-16,20H,2-3,6-7,10,17-19,21H2,1H3,(H,33,36). The summed E-state index contributed by atoms with van der Waals surface area (Å²) in [6.07, 6.45) is 5.17. The molecule has 3 aromatic carbocycles. The van der Waals surface area contributed by atoms with Gasteiger partial charge in [0.2, 0.25) is 5.91 Å². The molecule has 4 aromatic rings. The summed E-state index contributed by atoms with van der Waals surface area (Å²) in [6, 6.07) is 21.4. The van der Waals surface area contributed by atoms with Gasteiger partial charge in [-0.3, -0.25) is 4.79 Å². The molecule has 1 aromatic heterocycles. The fraction of sp³-hybridized carbons (Fsp3) is 0.333. The van der Waals surface area contributed by atoms with Gasteiger partial charge in [0.25, 0.3) is 0 Å². The molecule has 0 fully saturated rings. The van der Waals surface area contributed by atoms with Crippen LogP contribution < -0.4 is 10.1 Å². The van der Waals surface area contributed by atoms with Gasteiger partial charge in [-0.05, 0) is 79.8 Å². The molecule has 0 radical (unpaired) electrons. The van der Waals surface area contributed by atoms with Crippen LogP contribution in [0.25, 0.3) is 11.0 Å². The van der Waals surface area contributed by atoms with Gasteiger partial charge in [0.15, 0.2) is 0 Å². The number of imidazole rings is 1. The van der Waals surface area contributed by atoms with E-state index in [1.807, 2.05) is 55.5 Å². The van der Waals surface area contributed by atoms with E-state index < -0.39 is 0 Å². The lowest BCUT2D eigenvalue weighted by Gasteiger charge is -2.11. The van der Waals surface area contributed by atoms with Crippen LogP contribution in [0, 0.1) is 6.92 Å². The highest BCUT2D eigenvalue weighted by Gasteiger charge is 2.10. The van der Waals surface area contributed by atoms with Gasteiger partial charge in [0.05, 0.1) is 24.1 Å². The molecule has 1 amide bonds. The summed E-state index contributed by atoms with van der Waals surface area (Å²) in [7, 11) is 0. The molecule has 7 heteroatoms. The second-order valence-corrected chi connectivity index (χ2v) is 10.1. The predicted molar refractivity (Wildman–Crippen MR) is 152 cm³/mol. The first-order valence-electron chi connectivity index (χ1n) is 12.8. The first-order chi connectivity index (χ1) is 18.0. The van der Waals surface area contributed by atoms with Crippen molar-refractivity contribution in [3.05, 3.63) is 93.7 Å². The number of unbranched alkanes of at least 4 members (excludes halogenated alkanes) is 2. The normalized spacial score (nSPS) is 11.1. The Morgan fingerprint density at radius 2 is 1.78 bits per heavy atom. The van der Waals surface area contributed by atoms with E-state index in [0.29, 0.717) is 24.6 Å². The summed E-state index contributed by atoms with van der Waals surface area (Å²) in [5, 5.41) is 4.45. The van der Waals surface area contributed by atoms with Crippen molar-refractivity contribution in [1.29, 1.82) is 0 Å². The van der Waals surface area contributed by atoms with Crippen molar-refractivity contribution in [3.63, 3.8) is 0 Å². The Hall–Kier alpha value is -3.02. The molecular weight excluding hydrogens is 505 g/mol. The van der Waals surface area contributed by atoms with Gasteiger partial charge in [0, 0.05) is 29.6 Å². The van der Waals surface area contributed by atoms with Gasteiger partial charge in [0.1, 0.15) is 11.6 Å². The number of hydrogen-bond acceptors (Lipinski definition) is 3. The molecule has 0 aliphatic rings. The minimum atomic E-state index is 0.0418. The molecule has 194 valence electrons. The number of carbonyl (C=O) groups excluding carboxylic acids is 1. The smallest absolute Gasteiger partial charge is 0.224 e. The van der Waals surface area contributed by atoms with Crippen LogP contribution in [-0.2, 0) is 24.2 Å². The Kier molecular flexibility index (Phi) is 9.86. The minimum Gasteiger partial charge on any atom is -0.494 e. The van der Waals surface area contributed by atoms with Crippen LogP contribution in [0.4, 0.5) is 0 Å². The van der Waals surface area contributed by atoms with Crippen molar-refractivity contribution in [3.8, 4) is 5.75 Å². The number of hydrogen-bond donors (Lipinski definition) is 1. The van der Waals surface area contributed by atoms with Gasteiger partial charge in [-0.15, -0.1) is 0 Å². The molecule has 0 atom stereocenters. The van der Waals surface area contributed by atoms with E-state index in [0.717, 1.165) is 77.4 Å². The summed E-state index contributed by atoms with van der Waals surface area (Å²) in [5.41, 5.74) is 4.17. The van der Waals surface area contributed by atoms with E-state index >= 15 is 0 Å². The molecule has 0 unspecified atom stereocenters. The zero-order valence-electron chi connectivity index (χ0n) is 21.2. The number of para-hydroxylation sites is 2. The van der Waals surface area contributed by atoms with Gasteiger partial charge < -0.3 is 14.6 Å². The fourth-order valence-electron chi connectivity index (χ4n) is 4.35. The first kappa shape index (κ1) is 27.0. The minimum absolute atomic E-state index is 0.0418. The lowest BCUT2D eigenvalue weighted by molar-refractivity contribution is -0.120. The number of fused-ring (bicyclic) bond motifs is 1. The second-order valence-electron chi connectivity index (χ2n) is 9.25. The van der Waals surface area contributed by atoms with Crippen LogP contribution in [0.15, 0.2) is 66.7 Å². The summed E-state index contributed by atoms with van der Waals surface area (Å²) in [6.45, 7) is 4.14. The van der Waals surface area contributed by atoms with Crippen molar-refractivity contribution < 1.29 is 9.53 Å². The number of ether oxygens (including phenoxy) is 1. The number of nitrogens with zero attached hydrogens (tertiary/aromatic N) is 2. The average Bonchev–Trinajstić information content (AvgIpc) is 3.24. The second kappa shape index (κ2) is 13.5. The molecular formula is C30H33Cl2N3O2. The number of aryl methyl sites for hydroxylation is 3. The number of carbonyl (C=O) groups is 1. The lowest BCUT2D eigenvalue weighted by atomic mass is 10.1. The van der Waals surface area contributed by atoms with E-state index in [4.69, 9.17) is 32.9 Å². The van der Waals surface area contributed by atoms with Crippen LogP contribution in [-0.4, -0.2) is 28.6 Å². The number of halogens is 2. The third-order valence-corrected chi connectivity index (χ3v) is 7.01. The zero-order chi connectivity index (χ0) is 26.0. The maximum absolute atomic E-state index is 12.2. The van der Waals surface area contributed by atoms with Crippen molar-refractivity contribution in [2.75, 3.05) is 13.2 Å². The summed E-state index contributed by atoms with van der Waals surface area (Å²) >= 11 is 12.0. The Morgan fingerprint density at radius 3 is 2.59 bits per heavy atom. The third kappa shape index (κ3) is 7.98. The molecule has 0 aliphatic carbocycles. The summed E-state index contributed by atoms with van der Waals surface area (Å²) in [4.78, 5) is 17.1. The van der Waals surface area contributed by atoms with E-state index in [1.165, 1.54) is 0 Å². The van der Waals surface area contributed by atoms with Gasteiger partial charge >= 0.3 is 0 Å². The van der Waals surface area contributed by atoms with Gasteiger partial charge in [-0.25, -0.2) is 4.98 Å². The molecule has 0 saturated carbocycles. The van der Waals surface area contributed by atoms with E-state index in [2.05, 4.69) is 28.1 Å². The molecule has 0 saturated heterocycles. The number of nitrogens with one attached hydrogen (secondary N) is 1. The number of benzene rings is 3. The summed E-state index contributed by atoms with van der Waals surface area (Å²) < 4.78 is 8.27. The third-order valence-electron chi connectivity index (χ3n) is 6.34. The highest BCUT2D eigenvalue weighted by atomic mass is 35.5. The van der Waals surface area contributed by atoms with Gasteiger partial charge in [-0.1, -0.05) is 53.9 Å². The number of amides is 1. The number of aromatic nitrogens is 2. The quantitative estimate of drug-likeness (QED) is 0.183. The monoisotopic (exact) mass is 537 g/mol. The van der Waals surface area contributed by atoms with Crippen molar-refractivity contribution in [2.24, 2.45) is 0 Å². The van der Waals surface area contributed by atoms with Crippen LogP contribution >= 0.6 is 23.2 Å². The molecule has 0 aliphatic heterocycles. The topological polar surface area (TPSA) is 56.1 Å².